The van der Waals surface area contributed by atoms with Crippen molar-refractivity contribution in [3.8, 4) is 0 Å². The zero-order chi connectivity index (χ0) is 17.0. The Morgan fingerprint density at radius 1 is 1.41 bits per heavy atom. The quantitative estimate of drug-likeness (QED) is 0.692. The first kappa shape index (κ1) is 19.2. The Labute approximate surface area is 133 Å². The van der Waals surface area contributed by atoms with E-state index in [0.29, 0.717) is 6.54 Å². The Morgan fingerprint density at radius 3 is 2.59 bits per heavy atom. The molecule has 1 rings (SSSR count). The van der Waals surface area contributed by atoms with Crippen LogP contribution in [0.2, 0.25) is 0 Å². The summed E-state index contributed by atoms with van der Waals surface area (Å²) in [6.07, 6.45) is 2.53. The fraction of sp³-hybridized carbons (Fsp3) is 0.938. The standard InChI is InChI=1S/C16H32N2O4/c1-12(17-10-16(5,21)11-19)9-13-7-6-8-18(13)14(20)22-15(2,3)4/h12-13,17,19,21H,6-11H2,1-5H3. The van der Waals surface area contributed by atoms with Gasteiger partial charge in [-0.05, 0) is 53.9 Å². The van der Waals surface area contributed by atoms with Crippen LogP contribution < -0.4 is 5.32 Å². The number of aliphatic hydroxyl groups excluding tert-OH is 1. The number of hydrogen-bond acceptors (Lipinski definition) is 5. The molecule has 6 heteroatoms. The molecule has 3 unspecified atom stereocenters. The van der Waals surface area contributed by atoms with Gasteiger partial charge in [-0.25, -0.2) is 4.79 Å². The molecule has 22 heavy (non-hydrogen) atoms. The number of nitrogens with zero attached hydrogens (tertiary/aromatic N) is 1. The third kappa shape index (κ3) is 6.50. The molecule has 0 aromatic carbocycles. The second-order valence-corrected chi connectivity index (χ2v) is 7.64. The van der Waals surface area contributed by atoms with Gasteiger partial charge in [-0.3, -0.25) is 0 Å². The Hall–Kier alpha value is -0.850. The lowest BCUT2D eigenvalue weighted by atomic mass is 10.0. The van der Waals surface area contributed by atoms with Gasteiger partial charge < -0.3 is 25.2 Å². The highest BCUT2D eigenvalue weighted by Gasteiger charge is 2.33. The van der Waals surface area contributed by atoms with Crippen LogP contribution in [-0.2, 0) is 4.74 Å². The molecule has 1 heterocycles. The molecule has 1 aliphatic heterocycles. The lowest BCUT2D eigenvalue weighted by Gasteiger charge is -2.31. The molecule has 1 fully saturated rings. The van der Waals surface area contributed by atoms with E-state index in [1.807, 2.05) is 32.6 Å². The van der Waals surface area contributed by atoms with Crippen LogP contribution in [0.25, 0.3) is 0 Å². The van der Waals surface area contributed by atoms with Gasteiger partial charge in [0.1, 0.15) is 5.60 Å². The van der Waals surface area contributed by atoms with E-state index in [1.54, 1.807) is 6.92 Å². The summed E-state index contributed by atoms with van der Waals surface area (Å²) >= 11 is 0. The van der Waals surface area contributed by atoms with E-state index >= 15 is 0 Å². The molecule has 6 nitrogen and oxygen atoms in total. The zero-order valence-corrected chi connectivity index (χ0v) is 14.6. The molecule has 1 saturated heterocycles. The van der Waals surface area contributed by atoms with Gasteiger partial charge in [0.2, 0.25) is 0 Å². The molecule has 0 aromatic rings. The van der Waals surface area contributed by atoms with Gasteiger partial charge in [0.25, 0.3) is 0 Å². The monoisotopic (exact) mass is 316 g/mol. The number of carbonyl (C=O) groups excluding carboxylic acids is 1. The molecule has 1 aliphatic rings. The first-order chi connectivity index (χ1) is 10.0. The number of amides is 1. The first-order valence-corrected chi connectivity index (χ1v) is 8.10. The average molecular weight is 316 g/mol. The Balaban J connectivity index is 2.48. The van der Waals surface area contributed by atoms with Crippen LogP contribution in [0.15, 0.2) is 0 Å². The van der Waals surface area contributed by atoms with Crippen molar-refractivity contribution in [2.24, 2.45) is 0 Å². The highest BCUT2D eigenvalue weighted by molar-refractivity contribution is 5.68. The van der Waals surface area contributed by atoms with Gasteiger partial charge in [0.05, 0.1) is 12.2 Å². The predicted octanol–water partition coefficient (Wildman–Crippen LogP) is 1.50. The van der Waals surface area contributed by atoms with Crippen molar-refractivity contribution in [1.82, 2.24) is 10.2 Å². The molecule has 130 valence electrons. The van der Waals surface area contributed by atoms with Crippen molar-refractivity contribution in [2.75, 3.05) is 19.7 Å². The van der Waals surface area contributed by atoms with Crippen molar-refractivity contribution in [2.45, 2.75) is 77.2 Å². The lowest BCUT2D eigenvalue weighted by Crippen LogP contribution is -2.47. The summed E-state index contributed by atoms with van der Waals surface area (Å²) in [7, 11) is 0. The summed E-state index contributed by atoms with van der Waals surface area (Å²) in [6, 6.07) is 0.308. The van der Waals surface area contributed by atoms with Crippen molar-refractivity contribution in [3.63, 3.8) is 0 Å². The number of nitrogens with one attached hydrogen (secondary N) is 1. The number of ether oxygens (including phenoxy) is 1. The molecule has 0 spiro atoms. The summed E-state index contributed by atoms with van der Waals surface area (Å²) < 4.78 is 5.46. The van der Waals surface area contributed by atoms with Gasteiger partial charge in [-0.1, -0.05) is 0 Å². The minimum Gasteiger partial charge on any atom is -0.444 e. The highest BCUT2D eigenvalue weighted by atomic mass is 16.6. The van der Waals surface area contributed by atoms with E-state index in [1.165, 1.54) is 0 Å². The molecule has 0 aromatic heterocycles. The van der Waals surface area contributed by atoms with Crippen LogP contribution in [0.3, 0.4) is 0 Å². The van der Waals surface area contributed by atoms with E-state index in [9.17, 15) is 9.90 Å². The Bertz CT molecular complexity index is 366. The van der Waals surface area contributed by atoms with Crippen LogP contribution >= 0.6 is 0 Å². The molecular formula is C16H32N2O4. The van der Waals surface area contributed by atoms with Crippen LogP contribution in [-0.4, -0.2) is 64.2 Å². The second-order valence-electron chi connectivity index (χ2n) is 7.64. The third-order valence-electron chi connectivity index (χ3n) is 3.80. The third-order valence-corrected chi connectivity index (χ3v) is 3.80. The number of hydrogen-bond donors (Lipinski definition) is 3. The normalized spacial score (nSPS) is 23.2. The highest BCUT2D eigenvalue weighted by Crippen LogP contribution is 2.24. The minimum absolute atomic E-state index is 0.145. The Morgan fingerprint density at radius 2 is 2.05 bits per heavy atom. The van der Waals surface area contributed by atoms with Gasteiger partial charge in [0, 0.05) is 25.2 Å². The van der Waals surface area contributed by atoms with Crippen LogP contribution in [0.4, 0.5) is 4.79 Å². The molecule has 1 amide bonds. The maximum absolute atomic E-state index is 12.2. The molecule has 0 aliphatic carbocycles. The van der Waals surface area contributed by atoms with Crippen molar-refractivity contribution in [1.29, 1.82) is 0 Å². The van der Waals surface area contributed by atoms with Crippen molar-refractivity contribution < 1.29 is 19.7 Å². The topological polar surface area (TPSA) is 82.0 Å². The van der Waals surface area contributed by atoms with Gasteiger partial charge >= 0.3 is 6.09 Å². The van der Waals surface area contributed by atoms with E-state index in [2.05, 4.69) is 5.32 Å². The lowest BCUT2D eigenvalue weighted by molar-refractivity contribution is -0.000239. The summed E-state index contributed by atoms with van der Waals surface area (Å²) in [5.74, 6) is 0. The van der Waals surface area contributed by atoms with E-state index < -0.39 is 11.2 Å². The fourth-order valence-electron chi connectivity index (χ4n) is 2.58. The summed E-state index contributed by atoms with van der Waals surface area (Å²) in [5, 5.41) is 22.1. The summed E-state index contributed by atoms with van der Waals surface area (Å²) in [5.41, 5.74) is -1.59. The second kappa shape index (κ2) is 7.62. The van der Waals surface area contributed by atoms with Gasteiger partial charge in [-0.2, -0.15) is 0 Å². The summed E-state index contributed by atoms with van der Waals surface area (Å²) in [6.45, 7) is 10.0. The number of aliphatic hydroxyl groups is 2. The van der Waals surface area contributed by atoms with E-state index in [-0.39, 0.29) is 24.8 Å². The maximum Gasteiger partial charge on any atom is 0.410 e. The van der Waals surface area contributed by atoms with E-state index in [0.717, 1.165) is 25.8 Å². The van der Waals surface area contributed by atoms with Crippen molar-refractivity contribution in [3.05, 3.63) is 0 Å². The van der Waals surface area contributed by atoms with Crippen LogP contribution in [0.5, 0.6) is 0 Å². The first-order valence-electron chi connectivity index (χ1n) is 8.10. The van der Waals surface area contributed by atoms with Crippen molar-refractivity contribution >= 4 is 6.09 Å². The molecule has 0 saturated carbocycles. The zero-order valence-electron chi connectivity index (χ0n) is 14.6. The summed E-state index contributed by atoms with van der Waals surface area (Å²) in [4.78, 5) is 14.0. The predicted molar refractivity (Wildman–Crippen MR) is 85.8 cm³/mol. The van der Waals surface area contributed by atoms with Crippen LogP contribution in [0, 0.1) is 0 Å². The maximum atomic E-state index is 12.2. The van der Waals surface area contributed by atoms with Crippen LogP contribution in [0.1, 0.15) is 53.9 Å². The smallest absolute Gasteiger partial charge is 0.410 e. The SMILES string of the molecule is CC(CC1CCCN1C(=O)OC(C)(C)C)NCC(C)(O)CO. The van der Waals surface area contributed by atoms with Gasteiger partial charge in [0.15, 0.2) is 0 Å². The minimum atomic E-state index is -1.12. The fourth-order valence-corrected chi connectivity index (χ4v) is 2.58. The Kier molecular flexibility index (Phi) is 6.65. The van der Waals surface area contributed by atoms with Gasteiger partial charge in [-0.15, -0.1) is 0 Å². The van der Waals surface area contributed by atoms with E-state index in [4.69, 9.17) is 9.84 Å². The molecule has 3 N–H and O–H groups in total. The molecule has 0 bridgehead atoms. The molecule has 3 atom stereocenters. The largest absolute Gasteiger partial charge is 0.444 e. The number of carbonyl (C=O) groups is 1. The average Bonchev–Trinajstić information content (AvgIpc) is 2.83. The number of likely N-dealkylation sites (tertiary alicyclic amines) is 1. The molecule has 0 radical (unpaired) electrons. The number of rotatable bonds is 6. The molecular weight excluding hydrogens is 284 g/mol.